The number of benzene rings is 1. The van der Waals surface area contributed by atoms with Crippen molar-refractivity contribution in [3.05, 3.63) is 29.8 Å². The molecule has 1 aromatic carbocycles. The predicted octanol–water partition coefficient (Wildman–Crippen LogP) is 0.994. The van der Waals surface area contributed by atoms with Crippen molar-refractivity contribution >= 4 is 12.2 Å². The number of hydrogen-bond donors (Lipinski definition) is 1. The second-order valence-corrected chi connectivity index (χ2v) is 4.23. The van der Waals surface area contributed by atoms with Crippen molar-refractivity contribution in [1.82, 2.24) is 5.01 Å². The van der Waals surface area contributed by atoms with Gasteiger partial charge in [0.1, 0.15) is 12.4 Å². The standard InChI is InChI=1S/C13H14F2N2O4/c14-13(15)20-10-3-1-9(2-4-10)5-6-17-12(8-19)21-11(7-18)16-17/h1-4,8,12-13,18H,5-7H2. The van der Waals surface area contributed by atoms with Gasteiger partial charge in [-0.2, -0.15) is 8.78 Å². The third kappa shape index (κ3) is 4.12. The number of halogens is 2. The van der Waals surface area contributed by atoms with Gasteiger partial charge < -0.3 is 14.6 Å². The number of alkyl halides is 2. The van der Waals surface area contributed by atoms with Crippen molar-refractivity contribution in [1.29, 1.82) is 0 Å². The van der Waals surface area contributed by atoms with Crippen molar-refractivity contribution in [2.45, 2.75) is 19.3 Å². The van der Waals surface area contributed by atoms with E-state index in [1.165, 1.54) is 17.1 Å². The van der Waals surface area contributed by atoms with Crippen LogP contribution in [0.5, 0.6) is 5.75 Å². The lowest BCUT2D eigenvalue weighted by Gasteiger charge is -2.17. The number of rotatable bonds is 7. The molecule has 2 rings (SSSR count). The van der Waals surface area contributed by atoms with E-state index in [0.29, 0.717) is 19.3 Å². The van der Waals surface area contributed by atoms with Crippen LogP contribution in [0.1, 0.15) is 5.56 Å². The molecule has 1 heterocycles. The number of aldehydes is 1. The fourth-order valence-corrected chi connectivity index (χ4v) is 1.85. The fraction of sp³-hybridized carbons (Fsp3) is 0.385. The molecule has 0 bridgehead atoms. The lowest BCUT2D eigenvalue weighted by atomic mass is 10.1. The molecule has 0 spiro atoms. The zero-order valence-electron chi connectivity index (χ0n) is 11.0. The number of carbonyl (C=O) groups excluding carboxylic acids is 1. The second-order valence-electron chi connectivity index (χ2n) is 4.23. The van der Waals surface area contributed by atoms with Crippen LogP contribution in [0.15, 0.2) is 29.4 Å². The molecule has 0 aliphatic carbocycles. The third-order valence-electron chi connectivity index (χ3n) is 2.82. The number of aliphatic hydroxyl groups excluding tert-OH is 1. The molecular weight excluding hydrogens is 286 g/mol. The zero-order chi connectivity index (χ0) is 15.2. The first-order chi connectivity index (χ1) is 10.1. The average Bonchev–Trinajstić information content (AvgIpc) is 2.88. The summed E-state index contributed by atoms with van der Waals surface area (Å²) in [6.07, 6.45) is 0.282. The molecular formula is C13H14F2N2O4. The van der Waals surface area contributed by atoms with E-state index in [9.17, 15) is 13.6 Å². The zero-order valence-corrected chi connectivity index (χ0v) is 11.0. The topological polar surface area (TPSA) is 71.4 Å². The minimum atomic E-state index is -2.85. The van der Waals surface area contributed by atoms with E-state index in [0.717, 1.165) is 5.56 Å². The molecule has 1 unspecified atom stereocenters. The molecule has 0 fully saturated rings. The van der Waals surface area contributed by atoms with Gasteiger partial charge in [-0.05, 0) is 24.1 Å². The highest BCUT2D eigenvalue weighted by atomic mass is 19.3. The Labute approximate surface area is 119 Å². The van der Waals surface area contributed by atoms with Crippen LogP contribution < -0.4 is 4.74 Å². The van der Waals surface area contributed by atoms with Gasteiger partial charge in [0.2, 0.25) is 12.1 Å². The van der Waals surface area contributed by atoms with Gasteiger partial charge in [0.15, 0.2) is 6.29 Å². The summed E-state index contributed by atoms with van der Waals surface area (Å²) in [5.41, 5.74) is 0.869. The maximum absolute atomic E-state index is 12.0. The van der Waals surface area contributed by atoms with E-state index in [1.54, 1.807) is 12.1 Å². The van der Waals surface area contributed by atoms with Gasteiger partial charge in [-0.25, -0.2) is 5.01 Å². The SMILES string of the molecule is O=CC1OC(CO)=NN1CCc1ccc(OC(F)F)cc1. The van der Waals surface area contributed by atoms with Crippen LogP contribution in [0, 0.1) is 0 Å². The van der Waals surface area contributed by atoms with E-state index < -0.39 is 12.8 Å². The minimum absolute atomic E-state index is 0.0876. The highest BCUT2D eigenvalue weighted by Gasteiger charge is 2.26. The Kier molecular flexibility index (Phi) is 5.04. The molecule has 114 valence electrons. The van der Waals surface area contributed by atoms with Crippen LogP contribution in [0.4, 0.5) is 8.78 Å². The number of ether oxygens (including phenoxy) is 2. The Morgan fingerprint density at radius 3 is 2.71 bits per heavy atom. The second kappa shape index (κ2) is 6.98. The summed E-state index contributed by atoms with van der Waals surface area (Å²) >= 11 is 0. The van der Waals surface area contributed by atoms with E-state index in [1.807, 2.05) is 0 Å². The number of hydrogen-bond acceptors (Lipinski definition) is 6. The molecule has 0 saturated carbocycles. The summed E-state index contributed by atoms with van der Waals surface area (Å²) in [5, 5.41) is 14.3. The molecule has 8 heteroatoms. The largest absolute Gasteiger partial charge is 0.445 e. The summed E-state index contributed by atoms with van der Waals surface area (Å²) in [7, 11) is 0. The summed E-state index contributed by atoms with van der Waals surface area (Å²) in [6, 6.07) is 6.20. The molecule has 1 atom stereocenters. The molecule has 0 aromatic heterocycles. The summed E-state index contributed by atoms with van der Waals surface area (Å²) in [5.74, 6) is 0.178. The van der Waals surface area contributed by atoms with Crippen LogP contribution in [0.3, 0.4) is 0 Å². The summed E-state index contributed by atoms with van der Waals surface area (Å²) < 4.78 is 33.4. The lowest BCUT2D eigenvalue weighted by molar-refractivity contribution is -0.120. The molecule has 0 saturated heterocycles. The molecule has 0 radical (unpaired) electrons. The van der Waals surface area contributed by atoms with Gasteiger partial charge in [0.05, 0.1) is 0 Å². The van der Waals surface area contributed by atoms with Gasteiger partial charge in [0.25, 0.3) is 0 Å². The number of carbonyl (C=O) groups is 1. The molecule has 1 N–H and O–H groups in total. The van der Waals surface area contributed by atoms with E-state index >= 15 is 0 Å². The van der Waals surface area contributed by atoms with Crippen LogP contribution >= 0.6 is 0 Å². The first kappa shape index (κ1) is 15.2. The third-order valence-corrected chi connectivity index (χ3v) is 2.82. The van der Waals surface area contributed by atoms with Crippen molar-refractivity contribution < 1.29 is 28.2 Å². The van der Waals surface area contributed by atoms with Crippen LogP contribution in [-0.2, 0) is 16.0 Å². The highest BCUT2D eigenvalue weighted by molar-refractivity contribution is 5.80. The normalized spacial score (nSPS) is 17.6. The summed E-state index contributed by atoms with van der Waals surface area (Å²) in [6.45, 7) is -2.83. The number of aliphatic hydroxyl groups is 1. The smallest absolute Gasteiger partial charge is 0.387 e. The van der Waals surface area contributed by atoms with Crippen molar-refractivity contribution in [3.8, 4) is 5.75 Å². The first-order valence-corrected chi connectivity index (χ1v) is 6.23. The Balaban J connectivity index is 1.90. The molecule has 0 amide bonds. The Morgan fingerprint density at radius 1 is 1.43 bits per heavy atom. The molecule has 1 aromatic rings. The minimum Gasteiger partial charge on any atom is -0.445 e. The fourth-order valence-electron chi connectivity index (χ4n) is 1.85. The van der Waals surface area contributed by atoms with Gasteiger partial charge in [-0.3, -0.25) is 4.79 Å². The number of hydrazone groups is 1. The van der Waals surface area contributed by atoms with Gasteiger partial charge in [0, 0.05) is 6.54 Å². The molecule has 1 aliphatic heterocycles. The van der Waals surface area contributed by atoms with Crippen molar-refractivity contribution in [3.63, 3.8) is 0 Å². The van der Waals surface area contributed by atoms with E-state index in [4.69, 9.17) is 9.84 Å². The maximum atomic E-state index is 12.0. The monoisotopic (exact) mass is 300 g/mol. The van der Waals surface area contributed by atoms with E-state index in [2.05, 4.69) is 9.84 Å². The van der Waals surface area contributed by atoms with Gasteiger partial charge in [-0.1, -0.05) is 12.1 Å². The van der Waals surface area contributed by atoms with Crippen molar-refractivity contribution in [2.75, 3.05) is 13.2 Å². The van der Waals surface area contributed by atoms with Crippen LogP contribution in [0.2, 0.25) is 0 Å². The quantitative estimate of drug-likeness (QED) is 0.761. The Hall–Kier alpha value is -2.22. The van der Waals surface area contributed by atoms with Crippen LogP contribution in [0.25, 0.3) is 0 Å². The molecule has 6 nitrogen and oxygen atoms in total. The van der Waals surface area contributed by atoms with Gasteiger partial charge in [-0.15, -0.1) is 5.10 Å². The Morgan fingerprint density at radius 2 is 2.14 bits per heavy atom. The van der Waals surface area contributed by atoms with E-state index in [-0.39, 0.29) is 18.3 Å². The molecule has 21 heavy (non-hydrogen) atoms. The highest BCUT2D eigenvalue weighted by Crippen LogP contribution is 2.16. The first-order valence-electron chi connectivity index (χ1n) is 6.23. The summed E-state index contributed by atoms with van der Waals surface area (Å²) in [4.78, 5) is 10.8. The predicted molar refractivity (Wildman–Crippen MR) is 68.9 cm³/mol. The Bertz CT molecular complexity index is 507. The van der Waals surface area contributed by atoms with Gasteiger partial charge >= 0.3 is 6.61 Å². The van der Waals surface area contributed by atoms with Crippen LogP contribution in [-0.4, -0.2) is 48.3 Å². The lowest BCUT2D eigenvalue weighted by Crippen LogP contribution is -2.31. The molecule has 1 aliphatic rings. The van der Waals surface area contributed by atoms with Crippen molar-refractivity contribution in [2.24, 2.45) is 5.10 Å². The average molecular weight is 300 g/mol. The number of nitrogens with zero attached hydrogens (tertiary/aromatic N) is 2. The maximum Gasteiger partial charge on any atom is 0.387 e.